The van der Waals surface area contributed by atoms with Gasteiger partial charge in [-0.2, -0.15) is 0 Å². The minimum atomic E-state index is 0.0681. The molecular weight excluding hydrogens is 192 g/mol. The van der Waals surface area contributed by atoms with Gasteiger partial charge < -0.3 is 16.4 Å². The number of rotatable bonds is 5. The number of nitrogens with two attached hydrogens (primary N) is 1. The minimum Gasteiger partial charge on any atom is -0.370 e. The zero-order valence-electron chi connectivity index (χ0n) is 9.42. The molecule has 0 saturated heterocycles. The Kier molecular flexibility index (Phi) is 4.39. The number of carbonyl (C=O) groups excluding carboxylic acids is 1. The van der Waals surface area contributed by atoms with Crippen molar-refractivity contribution in [2.45, 2.75) is 45.2 Å². The standard InChI is InChI=1S/C10H20N4O/c1-7(2)13-10(11)12-6-5-9(15)14-8-3-4-8/h7-8H,3-6H2,1-2H3,(H,14,15)(H3,11,12,13). The van der Waals surface area contributed by atoms with Crippen molar-refractivity contribution in [1.29, 1.82) is 0 Å². The van der Waals surface area contributed by atoms with Crippen LogP contribution in [0.4, 0.5) is 0 Å². The van der Waals surface area contributed by atoms with Crippen LogP contribution < -0.4 is 16.4 Å². The average molecular weight is 212 g/mol. The number of hydrogen-bond donors (Lipinski definition) is 3. The first-order valence-electron chi connectivity index (χ1n) is 5.43. The fraction of sp³-hybridized carbons (Fsp3) is 0.800. The van der Waals surface area contributed by atoms with E-state index in [9.17, 15) is 4.79 Å². The topological polar surface area (TPSA) is 79.5 Å². The maximum atomic E-state index is 11.3. The zero-order chi connectivity index (χ0) is 11.3. The first-order chi connectivity index (χ1) is 7.08. The van der Waals surface area contributed by atoms with E-state index in [1.807, 2.05) is 13.8 Å². The molecule has 0 spiro atoms. The molecule has 0 heterocycles. The molecule has 4 N–H and O–H groups in total. The van der Waals surface area contributed by atoms with Gasteiger partial charge in [0.2, 0.25) is 5.91 Å². The van der Waals surface area contributed by atoms with Crippen LogP contribution in [0.15, 0.2) is 4.99 Å². The largest absolute Gasteiger partial charge is 0.370 e. The van der Waals surface area contributed by atoms with E-state index >= 15 is 0 Å². The third-order valence-corrected chi connectivity index (χ3v) is 2.00. The lowest BCUT2D eigenvalue weighted by Gasteiger charge is -2.08. The van der Waals surface area contributed by atoms with Crippen LogP contribution in [0.1, 0.15) is 33.1 Å². The first kappa shape index (κ1) is 11.8. The summed E-state index contributed by atoms with van der Waals surface area (Å²) in [7, 11) is 0. The van der Waals surface area contributed by atoms with Crippen LogP contribution in [0.25, 0.3) is 0 Å². The van der Waals surface area contributed by atoms with E-state index in [0.29, 0.717) is 25.0 Å². The van der Waals surface area contributed by atoms with Gasteiger partial charge in [0, 0.05) is 18.5 Å². The summed E-state index contributed by atoms with van der Waals surface area (Å²) in [5.41, 5.74) is 5.58. The molecule has 86 valence electrons. The molecular formula is C10H20N4O. The highest BCUT2D eigenvalue weighted by Gasteiger charge is 2.22. The van der Waals surface area contributed by atoms with Crippen molar-refractivity contribution >= 4 is 11.9 Å². The van der Waals surface area contributed by atoms with Crippen molar-refractivity contribution in [3.05, 3.63) is 0 Å². The Bertz CT molecular complexity index is 246. The molecule has 1 rings (SSSR count). The lowest BCUT2D eigenvalue weighted by molar-refractivity contribution is -0.121. The van der Waals surface area contributed by atoms with E-state index in [1.165, 1.54) is 0 Å². The Morgan fingerprint density at radius 3 is 2.73 bits per heavy atom. The number of amides is 1. The van der Waals surface area contributed by atoms with Crippen LogP contribution in [0.3, 0.4) is 0 Å². The maximum absolute atomic E-state index is 11.3. The van der Waals surface area contributed by atoms with E-state index in [2.05, 4.69) is 15.6 Å². The quantitative estimate of drug-likeness (QED) is 0.442. The summed E-state index contributed by atoms with van der Waals surface area (Å²) >= 11 is 0. The van der Waals surface area contributed by atoms with Gasteiger partial charge in [-0.1, -0.05) is 0 Å². The SMILES string of the molecule is CC(C)NC(N)=NCCC(=O)NC1CC1. The summed E-state index contributed by atoms with van der Waals surface area (Å²) in [6.07, 6.45) is 2.65. The Labute approximate surface area is 90.5 Å². The molecule has 0 aromatic carbocycles. The summed E-state index contributed by atoms with van der Waals surface area (Å²) < 4.78 is 0. The molecule has 1 fully saturated rings. The van der Waals surface area contributed by atoms with Crippen molar-refractivity contribution in [2.75, 3.05) is 6.54 Å². The summed E-state index contributed by atoms with van der Waals surface area (Å²) in [4.78, 5) is 15.3. The van der Waals surface area contributed by atoms with Gasteiger partial charge in [0.1, 0.15) is 0 Å². The van der Waals surface area contributed by atoms with Crippen LogP contribution in [-0.4, -0.2) is 30.5 Å². The number of nitrogens with one attached hydrogen (secondary N) is 2. The fourth-order valence-corrected chi connectivity index (χ4v) is 1.15. The monoisotopic (exact) mass is 212 g/mol. The Morgan fingerprint density at radius 2 is 2.20 bits per heavy atom. The average Bonchev–Trinajstić information content (AvgIpc) is 2.86. The van der Waals surface area contributed by atoms with Crippen LogP contribution in [0.5, 0.6) is 0 Å². The summed E-state index contributed by atoms with van der Waals surface area (Å²) in [6.45, 7) is 4.43. The van der Waals surface area contributed by atoms with Gasteiger partial charge in [0.25, 0.3) is 0 Å². The summed E-state index contributed by atoms with van der Waals surface area (Å²) in [5, 5.41) is 5.86. The van der Waals surface area contributed by atoms with Gasteiger partial charge in [-0.25, -0.2) is 0 Å². The Balaban J connectivity index is 2.10. The number of aliphatic imine (C=N–C) groups is 1. The molecule has 0 bridgehead atoms. The van der Waals surface area contributed by atoms with Gasteiger partial charge in [-0.3, -0.25) is 9.79 Å². The molecule has 0 aromatic rings. The van der Waals surface area contributed by atoms with E-state index in [4.69, 9.17) is 5.73 Å². The van der Waals surface area contributed by atoms with E-state index < -0.39 is 0 Å². The van der Waals surface area contributed by atoms with Crippen LogP contribution in [0, 0.1) is 0 Å². The van der Waals surface area contributed by atoms with Crippen molar-refractivity contribution < 1.29 is 4.79 Å². The highest BCUT2D eigenvalue weighted by molar-refractivity contribution is 5.79. The van der Waals surface area contributed by atoms with E-state index in [-0.39, 0.29) is 11.9 Å². The van der Waals surface area contributed by atoms with Gasteiger partial charge >= 0.3 is 0 Å². The third-order valence-electron chi connectivity index (χ3n) is 2.00. The predicted octanol–water partition coefficient (Wildman–Crippen LogP) is -0.0322. The zero-order valence-corrected chi connectivity index (χ0v) is 9.42. The number of nitrogens with zero attached hydrogens (tertiary/aromatic N) is 1. The lowest BCUT2D eigenvalue weighted by Crippen LogP contribution is -2.37. The number of carbonyl (C=O) groups is 1. The minimum absolute atomic E-state index is 0.0681. The second kappa shape index (κ2) is 5.58. The molecule has 0 aromatic heterocycles. The van der Waals surface area contributed by atoms with Gasteiger partial charge in [-0.05, 0) is 26.7 Å². The molecule has 1 aliphatic carbocycles. The van der Waals surface area contributed by atoms with Crippen molar-refractivity contribution in [3.63, 3.8) is 0 Å². The predicted molar refractivity (Wildman–Crippen MR) is 60.5 cm³/mol. The Morgan fingerprint density at radius 1 is 1.53 bits per heavy atom. The molecule has 1 amide bonds. The maximum Gasteiger partial charge on any atom is 0.222 e. The van der Waals surface area contributed by atoms with Gasteiger partial charge in [-0.15, -0.1) is 0 Å². The normalized spacial score (nSPS) is 16.6. The highest BCUT2D eigenvalue weighted by Crippen LogP contribution is 2.18. The number of hydrogen-bond acceptors (Lipinski definition) is 2. The van der Waals surface area contributed by atoms with Crippen molar-refractivity contribution in [2.24, 2.45) is 10.7 Å². The molecule has 0 unspecified atom stereocenters. The molecule has 5 heteroatoms. The third kappa shape index (κ3) is 5.93. The lowest BCUT2D eigenvalue weighted by atomic mass is 10.4. The Hall–Kier alpha value is -1.26. The first-order valence-corrected chi connectivity index (χ1v) is 5.43. The second-order valence-corrected chi connectivity index (χ2v) is 4.16. The molecule has 0 aliphatic heterocycles. The fourth-order valence-electron chi connectivity index (χ4n) is 1.15. The van der Waals surface area contributed by atoms with Crippen LogP contribution in [-0.2, 0) is 4.79 Å². The second-order valence-electron chi connectivity index (χ2n) is 4.16. The molecule has 15 heavy (non-hydrogen) atoms. The molecule has 0 radical (unpaired) electrons. The molecule has 1 aliphatic rings. The van der Waals surface area contributed by atoms with Gasteiger partial charge in [0.05, 0.1) is 6.54 Å². The molecule has 5 nitrogen and oxygen atoms in total. The number of guanidine groups is 1. The highest BCUT2D eigenvalue weighted by atomic mass is 16.1. The van der Waals surface area contributed by atoms with Crippen molar-refractivity contribution in [3.8, 4) is 0 Å². The molecule has 0 atom stereocenters. The summed E-state index contributed by atoms with van der Waals surface area (Å²) in [6, 6.07) is 0.696. The van der Waals surface area contributed by atoms with Gasteiger partial charge in [0.15, 0.2) is 5.96 Å². The van der Waals surface area contributed by atoms with Crippen LogP contribution >= 0.6 is 0 Å². The van der Waals surface area contributed by atoms with E-state index in [1.54, 1.807) is 0 Å². The summed E-state index contributed by atoms with van der Waals surface area (Å²) in [5.74, 6) is 0.475. The van der Waals surface area contributed by atoms with Crippen molar-refractivity contribution in [1.82, 2.24) is 10.6 Å². The molecule has 1 saturated carbocycles. The smallest absolute Gasteiger partial charge is 0.222 e. The van der Waals surface area contributed by atoms with E-state index in [0.717, 1.165) is 12.8 Å². The van der Waals surface area contributed by atoms with Crippen LogP contribution in [0.2, 0.25) is 0 Å².